The van der Waals surface area contributed by atoms with E-state index in [1.807, 2.05) is 43.9 Å². The van der Waals surface area contributed by atoms with Crippen LogP contribution in [0.3, 0.4) is 0 Å². The monoisotopic (exact) mass is 400 g/mol. The molecular weight excluding hydrogens is 372 g/mol. The molecule has 0 spiro atoms. The molecule has 4 N–H and O–H groups in total. The first kappa shape index (κ1) is 20.1. The molecule has 1 aromatic heterocycles. The minimum absolute atomic E-state index is 0.0625. The Labute approximate surface area is 170 Å². The number of hydrogen-bond donors (Lipinski definition) is 3. The molecule has 1 aliphatic heterocycles. The first-order chi connectivity index (χ1) is 13.4. The number of benzene rings is 1. The smallest absolute Gasteiger partial charge is 0.226 e. The van der Waals surface area contributed by atoms with Crippen molar-refractivity contribution >= 4 is 33.9 Å². The Morgan fingerprint density at radius 3 is 2.79 bits per heavy atom. The highest BCUT2D eigenvalue weighted by atomic mass is 32.1. The second-order valence-corrected chi connectivity index (χ2v) is 8.19. The minimum Gasteiger partial charge on any atom is -0.370 e. The Morgan fingerprint density at radius 2 is 2.11 bits per heavy atom. The highest BCUT2D eigenvalue weighted by Gasteiger charge is 2.28. The lowest BCUT2D eigenvalue weighted by molar-refractivity contribution is -0.133. The fourth-order valence-corrected chi connectivity index (χ4v) is 4.48. The number of thiazole rings is 1. The molecule has 1 unspecified atom stereocenters. The van der Waals surface area contributed by atoms with Gasteiger partial charge in [-0.1, -0.05) is 12.1 Å². The summed E-state index contributed by atoms with van der Waals surface area (Å²) >= 11 is 1.67. The number of amides is 1. The molecule has 2 aromatic rings. The summed E-state index contributed by atoms with van der Waals surface area (Å²) in [7, 11) is 3.66. The lowest BCUT2D eigenvalue weighted by Crippen LogP contribution is -2.42. The normalized spacial score (nSPS) is 16.6. The summed E-state index contributed by atoms with van der Waals surface area (Å²) in [5, 5.41) is 11.3. The Kier molecular flexibility index (Phi) is 6.51. The van der Waals surface area contributed by atoms with Crippen molar-refractivity contribution in [2.24, 2.45) is 11.7 Å². The van der Waals surface area contributed by atoms with Gasteiger partial charge < -0.3 is 20.9 Å². The number of rotatable bonds is 6. The first-order valence-electron chi connectivity index (χ1n) is 9.52. The molecule has 2 heterocycles. The average molecular weight is 401 g/mol. The van der Waals surface area contributed by atoms with E-state index in [4.69, 9.17) is 11.1 Å². The summed E-state index contributed by atoms with van der Waals surface area (Å²) in [5.74, 6) is 0.225. The second kappa shape index (κ2) is 9.05. The van der Waals surface area contributed by atoms with Gasteiger partial charge in [-0.25, -0.2) is 4.98 Å². The van der Waals surface area contributed by atoms with Crippen molar-refractivity contribution in [3.8, 4) is 0 Å². The predicted molar refractivity (Wildman–Crippen MR) is 115 cm³/mol. The molecule has 1 atom stereocenters. The minimum atomic E-state index is -0.0625. The summed E-state index contributed by atoms with van der Waals surface area (Å²) in [5.41, 5.74) is 10.4. The third-order valence-electron chi connectivity index (χ3n) is 5.00. The number of aryl methyl sites for hydroxylation is 2. The molecule has 1 amide bonds. The molecule has 0 bridgehead atoms. The molecule has 1 aliphatic rings. The number of nitrogens with two attached hydrogens (primary N) is 1. The summed E-state index contributed by atoms with van der Waals surface area (Å²) in [4.78, 5) is 21.0. The lowest BCUT2D eigenvalue weighted by Gasteiger charge is -2.34. The third-order valence-corrected chi connectivity index (χ3v) is 5.93. The third kappa shape index (κ3) is 5.01. The maximum absolute atomic E-state index is 12.4. The summed E-state index contributed by atoms with van der Waals surface area (Å²) < 4.78 is 0. The zero-order valence-electron chi connectivity index (χ0n) is 16.4. The van der Waals surface area contributed by atoms with Crippen LogP contribution in [0.15, 0.2) is 29.8 Å². The SMILES string of the molecule is CN(C)C(=O)C1CCCN(c2scnc2CCc2ccc(NC(=N)N)cc2)C1. The zero-order chi connectivity index (χ0) is 20.1. The number of carbonyl (C=O) groups excluding carboxylic acids is 1. The van der Waals surface area contributed by atoms with Gasteiger partial charge in [0.05, 0.1) is 17.1 Å². The van der Waals surface area contributed by atoms with Crippen LogP contribution >= 0.6 is 11.3 Å². The summed E-state index contributed by atoms with van der Waals surface area (Å²) in [6, 6.07) is 7.95. The summed E-state index contributed by atoms with van der Waals surface area (Å²) in [6.45, 7) is 1.76. The van der Waals surface area contributed by atoms with Gasteiger partial charge in [0, 0.05) is 32.9 Å². The molecule has 1 fully saturated rings. The van der Waals surface area contributed by atoms with Crippen LogP contribution in [0.2, 0.25) is 0 Å². The van der Waals surface area contributed by atoms with E-state index in [9.17, 15) is 4.79 Å². The fourth-order valence-electron chi connectivity index (χ4n) is 3.59. The van der Waals surface area contributed by atoms with Crippen LogP contribution in [-0.4, -0.2) is 48.9 Å². The van der Waals surface area contributed by atoms with Crippen molar-refractivity contribution in [1.82, 2.24) is 9.88 Å². The second-order valence-electron chi connectivity index (χ2n) is 7.36. The van der Waals surface area contributed by atoms with E-state index >= 15 is 0 Å². The molecule has 1 saturated heterocycles. The predicted octanol–water partition coefficient (Wildman–Crippen LogP) is 2.54. The Bertz CT molecular complexity index is 816. The molecule has 3 rings (SSSR count). The van der Waals surface area contributed by atoms with E-state index < -0.39 is 0 Å². The molecule has 0 radical (unpaired) electrons. The van der Waals surface area contributed by atoms with Gasteiger partial charge in [0.1, 0.15) is 5.00 Å². The van der Waals surface area contributed by atoms with Crippen LogP contribution in [0.4, 0.5) is 10.7 Å². The Hall–Kier alpha value is -2.61. The van der Waals surface area contributed by atoms with Gasteiger partial charge in [-0.05, 0) is 43.4 Å². The van der Waals surface area contributed by atoms with Gasteiger partial charge in [0.2, 0.25) is 5.91 Å². The lowest BCUT2D eigenvalue weighted by atomic mass is 9.96. The topological polar surface area (TPSA) is 98.3 Å². The molecular formula is C20H28N6OS. The number of aromatic nitrogens is 1. The Balaban J connectivity index is 1.62. The van der Waals surface area contributed by atoms with Crippen molar-refractivity contribution in [3.63, 3.8) is 0 Å². The zero-order valence-corrected chi connectivity index (χ0v) is 17.3. The molecule has 1 aromatic carbocycles. The number of carbonyl (C=O) groups is 1. The van der Waals surface area contributed by atoms with Crippen molar-refractivity contribution in [2.75, 3.05) is 37.4 Å². The van der Waals surface area contributed by atoms with E-state index in [-0.39, 0.29) is 17.8 Å². The number of hydrogen-bond acceptors (Lipinski definition) is 5. The van der Waals surface area contributed by atoms with Crippen LogP contribution in [0.1, 0.15) is 24.1 Å². The van der Waals surface area contributed by atoms with Gasteiger partial charge >= 0.3 is 0 Å². The highest BCUT2D eigenvalue weighted by Crippen LogP contribution is 2.31. The highest BCUT2D eigenvalue weighted by molar-refractivity contribution is 7.14. The molecule has 28 heavy (non-hydrogen) atoms. The standard InChI is InChI=1S/C20H28N6OS/c1-25(2)18(27)15-4-3-11-26(12-15)19-17(23-13-28-19)10-7-14-5-8-16(9-6-14)24-20(21)22/h5-6,8-9,13,15H,3-4,7,10-12H2,1-2H3,(H4,21,22,24). The van der Waals surface area contributed by atoms with Gasteiger partial charge in [-0.15, -0.1) is 11.3 Å². The van der Waals surface area contributed by atoms with E-state index in [0.717, 1.165) is 50.2 Å². The molecule has 8 heteroatoms. The first-order valence-corrected chi connectivity index (χ1v) is 10.4. The maximum atomic E-state index is 12.4. The number of nitrogens with zero attached hydrogens (tertiary/aromatic N) is 3. The van der Waals surface area contributed by atoms with E-state index in [1.54, 1.807) is 16.2 Å². The van der Waals surface area contributed by atoms with Crippen LogP contribution in [-0.2, 0) is 17.6 Å². The van der Waals surface area contributed by atoms with Crippen molar-refractivity contribution < 1.29 is 4.79 Å². The average Bonchev–Trinajstić information content (AvgIpc) is 3.15. The van der Waals surface area contributed by atoms with Gasteiger partial charge in [0.25, 0.3) is 0 Å². The maximum Gasteiger partial charge on any atom is 0.226 e. The molecule has 0 aliphatic carbocycles. The molecule has 0 saturated carbocycles. The van der Waals surface area contributed by atoms with E-state index in [2.05, 4.69) is 15.2 Å². The number of anilines is 2. The number of piperidine rings is 1. The van der Waals surface area contributed by atoms with Gasteiger partial charge in [-0.2, -0.15) is 0 Å². The van der Waals surface area contributed by atoms with E-state index in [0.29, 0.717) is 0 Å². The van der Waals surface area contributed by atoms with Crippen LogP contribution in [0.5, 0.6) is 0 Å². The molecule has 7 nitrogen and oxygen atoms in total. The molecule has 150 valence electrons. The fraction of sp³-hybridized carbons (Fsp3) is 0.450. The Morgan fingerprint density at radius 1 is 1.36 bits per heavy atom. The largest absolute Gasteiger partial charge is 0.370 e. The van der Waals surface area contributed by atoms with Crippen molar-refractivity contribution in [2.45, 2.75) is 25.7 Å². The van der Waals surface area contributed by atoms with Crippen LogP contribution in [0, 0.1) is 11.3 Å². The van der Waals surface area contributed by atoms with E-state index in [1.165, 1.54) is 10.6 Å². The number of guanidine groups is 1. The van der Waals surface area contributed by atoms with Crippen LogP contribution < -0.4 is 16.0 Å². The van der Waals surface area contributed by atoms with Gasteiger partial charge in [0.15, 0.2) is 5.96 Å². The van der Waals surface area contributed by atoms with Crippen LogP contribution in [0.25, 0.3) is 0 Å². The number of nitrogens with one attached hydrogen (secondary N) is 2. The van der Waals surface area contributed by atoms with Crippen molar-refractivity contribution in [1.29, 1.82) is 5.41 Å². The quantitative estimate of drug-likeness (QED) is 0.511. The summed E-state index contributed by atoms with van der Waals surface area (Å²) in [6.07, 6.45) is 3.75. The van der Waals surface area contributed by atoms with Crippen molar-refractivity contribution in [3.05, 3.63) is 41.0 Å². The van der Waals surface area contributed by atoms with Gasteiger partial charge in [-0.3, -0.25) is 10.2 Å².